The summed E-state index contributed by atoms with van der Waals surface area (Å²) in [5.41, 5.74) is 0.531. The highest BCUT2D eigenvalue weighted by Crippen LogP contribution is 2.11. The van der Waals surface area contributed by atoms with Gasteiger partial charge in [-0.2, -0.15) is 0 Å². The maximum absolute atomic E-state index is 11.8. The van der Waals surface area contributed by atoms with Gasteiger partial charge in [-0.25, -0.2) is 4.79 Å². The lowest BCUT2D eigenvalue weighted by atomic mass is 10.2. The summed E-state index contributed by atoms with van der Waals surface area (Å²) in [5, 5.41) is 0. The first-order valence-corrected chi connectivity index (χ1v) is 7.83. The van der Waals surface area contributed by atoms with Crippen LogP contribution in [0.1, 0.15) is 50.5 Å². The first-order valence-electron chi connectivity index (χ1n) is 7.83. The number of likely N-dealkylation sites (N-methyl/N-ethyl adjacent to an activating group) is 1. The standard InChI is InChI=1S/C16H28N2O2/c1-4-7-12-18(6-3,11-5-2)13-14-20-16(19)15-9-8-10-17-15/h8-10H,4-7,11-14H2,1-3H3/p+1. The first-order chi connectivity index (χ1) is 9.67. The molecule has 1 unspecified atom stereocenters. The van der Waals surface area contributed by atoms with Crippen LogP contribution in [-0.4, -0.2) is 48.2 Å². The molecule has 0 aliphatic rings. The van der Waals surface area contributed by atoms with Gasteiger partial charge in [0.05, 0.1) is 19.6 Å². The van der Waals surface area contributed by atoms with Crippen molar-refractivity contribution < 1.29 is 14.0 Å². The predicted octanol–water partition coefficient (Wildman–Crippen LogP) is 3.22. The maximum Gasteiger partial charge on any atom is 0.354 e. The molecule has 0 spiro atoms. The molecule has 1 rings (SSSR count). The topological polar surface area (TPSA) is 42.1 Å². The zero-order chi connectivity index (χ0) is 14.8. The van der Waals surface area contributed by atoms with E-state index in [1.165, 1.54) is 25.8 Å². The molecule has 0 saturated carbocycles. The van der Waals surface area contributed by atoms with E-state index in [1.807, 2.05) is 0 Å². The highest BCUT2D eigenvalue weighted by atomic mass is 16.5. The molecule has 0 saturated heterocycles. The minimum Gasteiger partial charge on any atom is -0.455 e. The van der Waals surface area contributed by atoms with Crippen LogP contribution in [-0.2, 0) is 4.74 Å². The van der Waals surface area contributed by atoms with Crippen LogP contribution in [0.25, 0.3) is 0 Å². The number of unbranched alkanes of at least 4 members (excludes halogenated alkanes) is 1. The molecule has 0 aliphatic heterocycles. The van der Waals surface area contributed by atoms with Crippen molar-refractivity contribution in [2.75, 3.05) is 32.8 Å². The van der Waals surface area contributed by atoms with Gasteiger partial charge in [0.25, 0.3) is 0 Å². The molecule has 0 aromatic carbocycles. The molecule has 1 aromatic rings. The highest BCUT2D eigenvalue weighted by Gasteiger charge is 2.24. The highest BCUT2D eigenvalue weighted by molar-refractivity contribution is 5.87. The number of aromatic amines is 1. The number of hydrogen-bond donors (Lipinski definition) is 1. The van der Waals surface area contributed by atoms with Gasteiger partial charge in [-0.1, -0.05) is 20.3 Å². The number of ether oxygens (including phenoxy) is 1. The minimum absolute atomic E-state index is 0.254. The van der Waals surface area contributed by atoms with Crippen LogP contribution in [0.2, 0.25) is 0 Å². The minimum atomic E-state index is -0.254. The fourth-order valence-electron chi connectivity index (χ4n) is 2.64. The summed E-state index contributed by atoms with van der Waals surface area (Å²) >= 11 is 0. The average molecular weight is 281 g/mol. The average Bonchev–Trinajstić information content (AvgIpc) is 2.99. The Labute approximate surface area is 122 Å². The van der Waals surface area contributed by atoms with Crippen molar-refractivity contribution >= 4 is 5.97 Å². The van der Waals surface area contributed by atoms with Crippen LogP contribution in [0.3, 0.4) is 0 Å². The quantitative estimate of drug-likeness (QED) is 0.528. The van der Waals surface area contributed by atoms with E-state index < -0.39 is 0 Å². The summed E-state index contributed by atoms with van der Waals surface area (Å²) in [5.74, 6) is -0.254. The van der Waals surface area contributed by atoms with Gasteiger partial charge in [-0.05, 0) is 31.9 Å². The lowest BCUT2D eigenvalue weighted by molar-refractivity contribution is -0.926. The van der Waals surface area contributed by atoms with Gasteiger partial charge in [0.2, 0.25) is 0 Å². The van der Waals surface area contributed by atoms with Crippen molar-refractivity contribution in [2.45, 2.75) is 40.0 Å². The fraction of sp³-hybridized carbons (Fsp3) is 0.688. The van der Waals surface area contributed by atoms with E-state index in [0.717, 1.165) is 24.1 Å². The van der Waals surface area contributed by atoms with E-state index in [4.69, 9.17) is 4.74 Å². The third-order valence-electron chi connectivity index (χ3n) is 3.97. The molecule has 0 radical (unpaired) electrons. The van der Waals surface area contributed by atoms with Crippen molar-refractivity contribution in [2.24, 2.45) is 0 Å². The van der Waals surface area contributed by atoms with Crippen LogP contribution in [0.5, 0.6) is 0 Å². The Bertz CT molecular complexity index is 376. The summed E-state index contributed by atoms with van der Waals surface area (Å²) in [6.45, 7) is 11.5. The van der Waals surface area contributed by atoms with E-state index in [0.29, 0.717) is 12.3 Å². The smallest absolute Gasteiger partial charge is 0.354 e. The summed E-state index contributed by atoms with van der Waals surface area (Å²) in [7, 11) is 0. The molecule has 0 bridgehead atoms. The van der Waals surface area contributed by atoms with Crippen molar-refractivity contribution in [3.8, 4) is 0 Å². The second kappa shape index (κ2) is 8.80. The number of carbonyl (C=O) groups excluding carboxylic acids is 1. The number of rotatable bonds is 10. The van der Waals surface area contributed by atoms with E-state index in [-0.39, 0.29) is 5.97 Å². The third kappa shape index (κ3) is 5.00. The van der Waals surface area contributed by atoms with Crippen molar-refractivity contribution in [3.63, 3.8) is 0 Å². The predicted molar refractivity (Wildman–Crippen MR) is 81.7 cm³/mol. The second-order valence-electron chi connectivity index (χ2n) is 5.40. The molecule has 4 heteroatoms. The molecule has 0 aliphatic carbocycles. The summed E-state index contributed by atoms with van der Waals surface area (Å²) in [6, 6.07) is 3.55. The van der Waals surface area contributed by atoms with Crippen LogP contribution in [0, 0.1) is 0 Å². The molecular formula is C16H29N2O2+. The van der Waals surface area contributed by atoms with Crippen molar-refractivity contribution in [3.05, 3.63) is 24.0 Å². The van der Waals surface area contributed by atoms with Gasteiger partial charge in [-0.15, -0.1) is 0 Å². The Morgan fingerprint density at radius 3 is 2.55 bits per heavy atom. The number of nitrogens with one attached hydrogen (secondary N) is 1. The first kappa shape index (κ1) is 16.8. The lowest BCUT2D eigenvalue weighted by Gasteiger charge is -2.37. The van der Waals surface area contributed by atoms with E-state index in [2.05, 4.69) is 25.8 Å². The Hall–Kier alpha value is -1.29. The van der Waals surface area contributed by atoms with Gasteiger partial charge < -0.3 is 14.2 Å². The number of esters is 1. The van der Waals surface area contributed by atoms with Crippen molar-refractivity contribution in [1.82, 2.24) is 4.98 Å². The Balaban J connectivity index is 2.46. The molecule has 0 amide bonds. The van der Waals surface area contributed by atoms with Crippen LogP contribution >= 0.6 is 0 Å². The fourth-order valence-corrected chi connectivity index (χ4v) is 2.64. The lowest BCUT2D eigenvalue weighted by Crippen LogP contribution is -2.51. The molecule has 1 atom stereocenters. The summed E-state index contributed by atoms with van der Waals surface area (Å²) < 4.78 is 6.44. The number of carbonyl (C=O) groups is 1. The molecule has 0 fully saturated rings. The Kier molecular flexibility index (Phi) is 7.37. The molecule has 1 heterocycles. The summed E-state index contributed by atoms with van der Waals surface area (Å²) in [6.07, 6.45) is 5.36. The van der Waals surface area contributed by atoms with Gasteiger partial charge >= 0.3 is 5.97 Å². The largest absolute Gasteiger partial charge is 0.455 e. The zero-order valence-electron chi connectivity index (χ0n) is 13.2. The normalized spacial score (nSPS) is 13.9. The molecule has 1 aromatic heterocycles. The molecule has 1 N–H and O–H groups in total. The molecule has 20 heavy (non-hydrogen) atoms. The van der Waals surface area contributed by atoms with Crippen LogP contribution < -0.4 is 0 Å². The number of quaternary nitrogens is 1. The maximum atomic E-state index is 11.8. The number of aromatic nitrogens is 1. The number of hydrogen-bond acceptors (Lipinski definition) is 2. The number of nitrogens with zero attached hydrogens (tertiary/aromatic N) is 1. The summed E-state index contributed by atoms with van der Waals surface area (Å²) in [4.78, 5) is 14.7. The SMILES string of the molecule is CCCC[N+](CC)(CCC)CCOC(=O)c1ccc[nH]1. The van der Waals surface area contributed by atoms with Gasteiger partial charge in [0, 0.05) is 6.20 Å². The van der Waals surface area contributed by atoms with Gasteiger partial charge in [-0.3, -0.25) is 0 Å². The molecular weight excluding hydrogens is 252 g/mol. The van der Waals surface area contributed by atoms with Crippen LogP contribution in [0.15, 0.2) is 18.3 Å². The van der Waals surface area contributed by atoms with Crippen molar-refractivity contribution in [1.29, 1.82) is 0 Å². The van der Waals surface area contributed by atoms with E-state index in [9.17, 15) is 4.79 Å². The molecule has 4 nitrogen and oxygen atoms in total. The Morgan fingerprint density at radius 2 is 2.00 bits per heavy atom. The van der Waals surface area contributed by atoms with Crippen LogP contribution in [0.4, 0.5) is 0 Å². The van der Waals surface area contributed by atoms with E-state index >= 15 is 0 Å². The third-order valence-corrected chi connectivity index (χ3v) is 3.97. The van der Waals surface area contributed by atoms with Gasteiger partial charge in [0.15, 0.2) is 0 Å². The zero-order valence-corrected chi connectivity index (χ0v) is 13.2. The monoisotopic (exact) mass is 281 g/mol. The molecule has 114 valence electrons. The van der Waals surface area contributed by atoms with E-state index in [1.54, 1.807) is 18.3 Å². The number of H-pyrrole nitrogens is 1. The van der Waals surface area contributed by atoms with Gasteiger partial charge in [0.1, 0.15) is 18.8 Å². The second-order valence-corrected chi connectivity index (χ2v) is 5.40. The Morgan fingerprint density at radius 1 is 1.20 bits per heavy atom.